The van der Waals surface area contributed by atoms with E-state index in [-0.39, 0.29) is 43.1 Å². The van der Waals surface area contributed by atoms with Crippen LogP contribution in [0.15, 0.2) is 48.8 Å². The van der Waals surface area contributed by atoms with Gasteiger partial charge in [0.05, 0.1) is 12.6 Å². The van der Waals surface area contributed by atoms with Crippen molar-refractivity contribution in [3.8, 4) is 0 Å². The Hall–Kier alpha value is -4.22. The number of benzene rings is 1. The fourth-order valence-electron chi connectivity index (χ4n) is 5.53. The van der Waals surface area contributed by atoms with E-state index in [1.165, 1.54) is 9.80 Å². The van der Waals surface area contributed by atoms with Gasteiger partial charge < -0.3 is 25.8 Å². The third-order valence-corrected chi connectivity index (χ3v) is 7.75. The molecule has 5 amide bonds. The van der Waals surface area contributed by atoms with Gasteiger partial charge in [0.25, 0.3) is 0 Å². The average molecular weight is 580 g/mol. The van der Waals surface area contributed by atoms with Crippen LogP contribution in [-0.2, 0) is 36.9 Å². The molecule has 0 spiro atoms. The number of hydrogen-bond donors (Lipinski definition) is 3. The van der Waals surface area contributed by atoms with Crippen LogP contribution in [0.3, 0.4) is 0 Å². The third-order valence-electron chi connectivity index (χ3n) is 7.75. The quantitative estimate of drug-likeness (QED) is 0.454. The predicted molar refractivity (Wildman–Crippen MR) is 155 cm³/mol. The fourth-order valence-corrected chi connectivity index (χ4v) is 5.53. The summed E-state index contributed by atoms with van der Waals surface area (Å²) in [5, 5.41) is 12.8. The number of amides is 5. The lowest BCUT2D eigenvalue weighted by atomic mass is 10.00. The van der Waals surface area contributed by atoms with E-state index in [1.54, 1.807) is 30.1 Å². The Morgan fingerprint density at radius 3 is 2.48 bits per heavy atom. The van der Waals surface area contributed by atoms with Gasteiger partial charge >= 0.3 is 0 Å². The molecule has 4 atom stereocenters. The van der Waals surface area contributed by atoms with E-state index in [0.29, 0.717) is 32.4 Å². The molecule has 2 saturated heterocycles. The first-order valence-corrected chi connectivity index (χ1v) is 14.6. The second kappa shape index (κ2) is 14.1. The van der Waals surface area contributed by atoms with Crippen molar-refractivity contribution in [2.24, 2.45) is 5.92 Å². The molecule has 3 heterocycles. The van der Waals surface area contributed by atoms with Gasteiger partial charge in [-0.3, -0.25) is 28.7 Å². The van der Waals surface area contributed by atoms with E-state index in [2.05, 4.69) is 21.0 Å². The molecule has 1 aromatic carbocycles. The van der Waals surface area contributed by atoms with Gasteiger partial charge in [-0.15, -0.1) is 0 Å². The van der Waals surface area contributed by atoms with Crippen LogP contribution in [-0.4, -0.2) is 92.9 Å². The molecule has 226 valence electrons. The van der Waals surface area contributed by atoms with E-state index in [9.17, 15) is 24.0 Å². The second-order valence-corrected chi connectivity index (χ2v) is 11.4. The Morgan fingerprint density at radius 2 is 1.79 bits per heavy atom. The van der Waals surface area contributed by atoms with Crippen molar-refractivity contribution in [3.63, 3.8) is 0 Å². The van der Waals surface area contributed by atoms with E-state index in [0.717, 1.165) is 5.56 Å². The lowest BCUT2D eigenvalue weighted by Crippen LogP contribution is -2.58. The number of carbonyl (C=O) groups excluding carboxylic acids is 5. The van der Waals surface area contributed by atoms with Crippen molar-refractivity contribution in [2.45, 2.75) is 77.2 Å². The maximum absolute atomic E-state index is 13.7. The SMILES string of the molecule is CC(C)[C@@H]1NC(=O)[C@H]2CCCN2C(=O)[C@H](C)NC(=O)CN(C(=O)CCn2cccn2)C[C@H](Cc2ccccc2)NC1=O. The Bertz CT molecular complexity index is 1250. The highest BCUT2D eigenvalue weighted by Crippen LogP contribution is 2.20. The van der Waals surface area contributed by atoms with Crippen LogP contribution in [0.2, 0.25) is 0 Å². The van der Waals surface area contributed by atoms with Gasteiger partial charge in [0.1, 0.15) is 18.1 Å². The first-order chi connectivity index (χ1) is 20.1. The number of nitrogens with zero attached hydrogens (tertiary/aromatic N) is 4. The average Bonchev–Trinajstić information content (AvgIpc) is 3.66. The molecule has 0 aliphatic carbocycles. The molecule has 2 aliphatic rings. The summed E-state index contributed by atoms with van der Waals surface area (Å²) in [6.07, 6.45) is 4.99. The third kappa shape index (κ3) is 7.95. The summed E-state index contributed by atoms with van der Waals surface area (Å²) >= 11 is 0. The second-order valence-electron chi connectivity index (χ2n) is 11.4. The molecule has 3 N–H and O–H groups in total. The molecule has 1 aromatic heterocycles. The van der Waals surface area contributed by atoms with Crippen LogP contribution in [0, 0.1) is 5.92 Å². The van der Waals surface area contributed by atoms with Crippen molar-refractivity contribution in [1.82, 2.24) is 35.5 Å². The number of fused-ring (bicyclic) bond motifs is 1. The van der Waals surface area contributed by atoms with Gasteiger partial charge in [0.2, 0.25) is 29.5 Å². The van der Waals surface area contributed by atoms with Gasteiger partial charge in [-0.2, -0.15) is 5.10 Å². The van der Waals surface area contributed by atoms with Gasteiger partial charge in [-0.1, -0.05) is 44.2 Å². The zero-order chi connectivity index (χ0) is 30.2. The number of aromatic nitrogens is 2. The Labute approximate surface area is 246 Å². The van der Waals surface area contributed by atoms with E-state index >= 15 is 0 Å². The highest BCUT2D eigenvalue weighted by molar-refractivity contribution is 5.95. The van der Waals surface area contributed by atoms with Crippen LogP contribution < -0.4 is 16.0 Å². The lowest BCUT2D eigenvalue weighted by molar-refractivity contribution is -0.142. The van der Waals surface area contributed by atoms with Gasteiger partial charge in [0.15, 0.2) is 0 Å². The Balaban J connectivity index is 1.65. The lowest BCUT2D eigenvalue weighted by Gasteiger charge is -2.31. The van der Waals surface area contributed by atoms with Crippen LogP contribution in [0.5, 0.6) is 0 Å². The summed E-state index contributed by atoms with van der Waals surface area (Å²) < 4.78 is 1.64. The van der Waals surface area contributed by atoms with Gasteiger partial charge in [0, 0.05) is 38.4 Å². The van der Waals surface area contributed by atoms with Crippen LogP contribution >= 0.6 is 0 Å². The Kier molecular flexibility index (Phi) is 10.3. The van der Waals surface area contributed by atoms with E-state index in [1.807, 2.05) is 44.2 Å². The first-order valence-electron chi connectivity index (χ1n) is 14.6. The van der Waals surface area contributed by atoms with E-state index < -0.39 is 36.0 Å². The molecular weight excluding hydrogens is 538 g/mol. The maximum atomic E-state index is 13.7. The van der Waals surface area contributed by atoms with Crippen molar-refractivity contribution in [2.75, 3.05) is 19.6 Å². The van der Waals surface area contributed by atoms with Crippen molar-refractivity contribution in [3.05, 3.63) is 54.4 Å². The number of carbonyl (C=O) groups is 5. The maximum Gasteiger partial charge on any atom is 0.245 e. The van der Waals surface area contributed by atoms with E-state index in [4.69, 9.17) is 0 Å². The molecule has 12 nitrogen and oxygen atoms in total. The van der Waals surface area contributed by atoms with Crippen LogP contribution in [0.4, 0.5) is 0 Å². The molecule has 12 heteroatoms. The smallest absolute Gasteiger partial charge is 0.245 e. The predicted octanol–water partition coefficient (Wildman–Crippen LogP) is 0.479. The van der Waals surface area contributed by atoms with Gasteiger partial charge in [-0.25, -0.2) is 0 Å². The molecule has 2 aromatic rings. The normalized spacial score (nSPS) is 24.4. The summed E-state index contributed by atoms with van der Waals surface area (Å²) in [5.74, 6) is -2.17. The minimum absolute atomic E-state index is 0.0574. The Morgan fingerprint density at radius 1 is 1.02 bits per heavy atom. The molecule has 2 fully saturated rings. The summed E-state index contributed by atoms with van der Waals surface area (Å²) in [6.45, 7) is 5.75. The molecule has 4 rings (SSSR count). The summed E-state index contributed by atoms with van der Waals surface area (Å²) in [5.41, 5.74) is 0.944. The molecule has 0 unspecified atom stereocenters. The zero-order valence-electron chi connectivity index (χ0n) is 24.5. The monoisotopic (exact) mass is 579 g/mol. The van der Waals surface area contributed by atoms with Crippen LogP contribution in [0.25, 0.3) is 0 Å². The fraction of sp³-hybridized carbons (Fsp3) is 0.533. The number of aryl methyl sites for hydroxylation is 1. The summed E-state index contributed by atoms with van der Waals surface area (Å²) in [6, 6.07) is 8.30. The van der Waals surface area contributed by atoms with Crippen LogP contribution in [0.1, 0.15) is 45.6 Å². The van der Waals surface area contributed by atoms with Crippen molar-refractivity contribution < 1.29 is 24.0 Å². The summed E-state index contributed by atoms with van der Waals surface area (Å²) in [7, 11) is 0. The standard InChI is InChI=1S/C30H41N7O5/c1-20(2)27-29(41)33-23(17-22-9-5-4-6-10-22)18-35(26(39)12-16-36-14-8-13-31-36)19-25(38)32-21(3)30(42)37-15-7-11-24(37)28(40)34-27/h4-6,8-10,13-14,20-21,23-24,27H,7,11-12,15-19H2,1-3H3,(H,32,38)(H,33,41)(H,34,40)/t21-,23-,24+,27-/m0/s1. The number of rotatable bonds is 6. The largest absolute Gasteiger partial charge is 0.349 e. The number of nitrogens with one attached hydrogen (secondary N) is 3. The minimum atomic E-state index is -0.891. The number of hydrogen-bond acceptors (Lipinski definition) is 6. The molecule has 2 aliphatic heterocycles. The molecule has 42 heavy (non-hydrogen) atoms. The molecular formula is C30H41N7O5. The highest BCUT2D eigenvalue weighted by atomic mass is 16.2. The van der Waals surface area contributed by atoms with Gasteiger partial charge in [-0.05, 0) is 43.7 Å². The minimum Gasteiger partial charge on any atom is -0.349 e. The molecule has 0 bridgehead atoms. The topological polar surface area (TPSA) is 146 Å². The summed E-state index contributed by atoms with van der Waals surface area (Å²) in [4.78, 5) is 69.9. The zero-order valence-corrected chi connectivity index (χ0v) is 24.5. The van der Waals surface area contributed by atoms with Crippen molar-refractivity contribution >= 4 is 29.5 Å². The van der Waals surface area contributed by atoms with Crippen molar-refractivity contribution in [1.29, 1.82) is 0 Å². The molecule has 0 radical (unpaired) electrons. The highest BCUT2D eigenvalue weighted by Gasteiger charge is 2.39. The first kappa shape index (κ1) is 30.7. The molecule has 0 saturated carbocycles.